The Balaban J connectivity index is 1.56. The summed E-state index contributed by atoms with van der Waals surface area (Å²) in [6.07, 6.45) is 1.54. The Labute approximate surface area is 214 Å². The zero-order valence-electron chi connectivity index (χ0n) is 20.5. The van der Waals surface area contributed by atoms with Crippen molar-refractivity contribution in [2.24, 2.45) is 0 Å². The van der Waals surface area contributed by atoms with E-state index in [1.807, 2.05) is 25.1 Å². The van der Waals surface area contributed by atoms with Crippen molar-refractivity contribution in [3.63, 3.8) is 0 Å². The first-order chi connectivity index (χ1) is 18.1. The first-order valence-corrected chi connectivity index (χ1v) is 12.5. The third-order valence-electron chi connectivity index (χ3n) is 6.93. The zero-order valence-corrected chi connectivity index (χ0v) is 20.5. The Kier molecular flexibility index (Phi) is 5.81. The van der Waals surface area contributed by atoms with Crippen LogP contribution in [-0.2, 0) is 11.2 Å². The number of rotatable bonds is 7. The highest BCUT2D eigenvalue weighted by molar-refractivity contribution is 6.09. The number of aromatic nitrogens is 2. The zero-order chi connectivity index (χ0) is 25.4. The molecule has 1 N–H and O–H groups in total. The summed E-state index contributed by atoms with van der Waals surface area (Å²) in [5.74, 6) is 0.00289. The standard InChI is InChI=1S/C32H26N2O3/c1-21-31(32(33-37-21)24-10-3-2-4-11-24)29-20-27-26-12-6-5-9-23(26)16-19-28(27)34(29)25-17-14-22(15-18-25)8-7-13-30(35)36/h2-6,9-12,14-20H,7-8,13H2,1H3,(H,35,36). The lowest BCUT2D eigenvalue weighted by Crippen LogP contribution is -1.99. The number of hydrogen-bond donors (Lipinski definition) is 1. The van der Waals surface area contributed by atoms with Gasteiger partial charge in [-0.3, -0.25) is 4.79 Å². The highest BCUT2D eigenvalue weighted by atomic mass is 16.5. The van der Waals surface area contributed by atoms with Crippen LogP contribution in [0, 0.1) is 6.92 Å². The van der Waals surface area contributed by atoms with Gasteiger partial charge >= 0.3 is 5.97 Å². The van der Waals surface area contributed by atoms with E-state index in [4.69, 9.17) is 9.63 Å². The van der Waals surface area contributed by atoms with E-state index in [0.717, 1.165) is 51.5 Å². The molecule has 0 bridgehead atoms. The normalized spacial score (nSPS) is 11.4. The van der Waals surface area contributed by atoms with E-state index in [1.54, 1.807) is 0 Å². The first kappa shape index (κ1) is 22.8. The van der Waals surface area contributed by atoms with E-state index in [0.29, 0.717) is 6.42 Å². The van der Waals surface area contributed by atoms with E-state index < -0.39 is 5.97 Å². The minimum Gasteiger partial charge on any atom is -0.481 e. The summed E-state index contributed by atoms with van der Waals surface area (Å²) < 4.78 is 8.02. The Bertz CT molecular complexity index is 1730. The molecule has 0 saturated carbocycles. The Morgan fingerprint density at radius 2 is 1.65 bits per heavy atom. The van der Waals surface area contributed by atoms with Gasteiger partial charge in [0.05, 0.1) is 16.8 Å². The maximum atomic E-state index is 10.9. The van der Waals surface area contributed by atoms with Crippen LogP contribution in [0.15, 0.2) is 102 Å². The van der Waals surface area contributed by atoms with Crippen molar-refractivity contribution >= 4 is 27.6 Å². The SMILES string of the molecule is Cc1onc(-c2ccccc2)c1-c1cc2c3ccccc3ccc2n1-c1ccc(CCCC(=O)O)cc1. The summed E-state index contributed by atoms with van der Waals surface area (Å²) in [5.41, 5.74) is 7.06. The van der Waals surface area contributed by atoms with Crippen molar-refractivity contribution in [3.05, 3.63) is 108 Å². The van der Waals surface area contributed by atoms with Gasteiger partial charge in [-0.1, -0.05) is 78.0 Å². The van der Waals surface area contributed by atoms with Gasteiger partial charge in [-0.15, -0.1) is 0 Å². The number of fused-ring (bicyclic) bond motifs is 3. The van der Waals surface area contributed by atoms with E-state index in [1.165, 1.54) is 16.2 Å². The number of benzene rings is 4. The van der Waals surface area contributed by atoms with E-state index in [-0.39, 0.29) is 6.42 Å². The summed E-state index contributed by atoms with van der Waals surface area (Å²) in [7, 11) is 0. The van der Waals surface area contributed by atoms with Gasteiger partial charge in [-0.2, -0.15) is 0 Å². The second-order valence-corrected chi connectivity index (χ2v) is 9.33. The fourth-order valence-electron chi connectivity index (χ4n) is 5.15. The van der Waals surface area contributed by atoms with Gasteiger partial charge in [-0.05, 0) is 60.4 Å². The number of carboxylic acid groups (broad SMARTS) is 1. The van der Waals surface area contributed by atoms with Gasteiger partial charge in [0.25, 0.3) is 0 Å². The van der Waals surface area contributed by atoms with Gasteiger partial charge in [-0.25, -0.2) is 0 Å². The van der Waals surface area contributed by atoms with Crippen LogP contribution >= 0.6 is 0 Å². The molecule has 0 aliphatic rings. The van der Waals surface area contributed by atoms with Crippen LogP contribution in [0.2, 0.25) is 0 Å². The molecule has 4 aromatic carbocycles. The van der Waals surface area contributed by atoms with Crippen molar-refractivity contribution in [1.29, 1.82) is 0 Å². The molecule has 0 unspecified atom stereocenters. The summed E-state index contributed by atoms with van der Waals surface area (Å²) in [6, 6.07) is 33.5. The average molecular weight is 487 g/mol. The molecule has 182 valence electrons. The molecular weight excluding hydrogens is 460 g/mol. The molecule has 0 aliphatic carbocycles. The largest absolute Gasteiger partial charge is 0.481 e. The van der Waals surface area contributed by atoms with Crippen LogP contribution in [0.25, 0.3) is 49.9 Å². The lowest BCUT2D eigenvalue weighted by molar-refractivity contribution is -0.137. The van der Waals surface area contributed by atoms with Crippen LogP contribution in [-0.4, -0.2) is 20.8 Å². The fraction of sp³-hybridized carbons (Fsp3) is 0.125. The van der Waals surface area contributed by atoms with Crippen LogP contribution < -0.4 is 0 Å². The average Bonchev–Trinajstić information content (AvgIpc) is 3.50. The molecule has 0 spiro atoms. The minimum absolute atomic E-state index is 0.177. The molecule has 0 atom stereocenters. The number of aryl methyl sites for hydroxylation is 2. The van der Waals surface area contributed by atoms with Crippen LogP contribution in [0.1, 0.15) is 24.2 Å². The molecular formula is C32H26N2O3. The molecule has 0 fully saturated rings. The van der Waals surface area contributed by atoms with Gasteiger partial charge in [0, 0.05) is 23.1 Å². The van der Waals surface area contributed by atoms with Gasteiger partial charge in [0.15, 0.2) is 0 Å². The maximum Gasteiger partial charge on any atom is 0.303 e. The molecule has 5 heteroatoms. The quantitative estimate of drug-likeness (QED) is 0.250. The lowest BCUT2D eigenvalue weighted by Gasteiger charge is -2.13. The van der Waals surface area contributed by atoms with E-state index >= 15 is 0 Å². The molecule has 2 aromatic heterocycles. The van der Waals surface area contributed by atoms with Crippen LogP contribution in [0.5, 0.6) is 0 Å². The second-order valence-electron chi connectivity index (χ2n) is 9.33. The Morgan fingerprint density at radius 3 is 2.43 bits per heavy atom. The minimum atomic E-state index is -0.759. The summed E-state index contributed by atoms with van der Waals surface area (Å²) in [5, 5.41) is 17.0. The number of aliphatic carboxylic acids is 1. The topological polar surface area (TPSA) is 68.3 Å². The summed E-state index contributed by atoms with van der Waals surface area (Å²) in [4.78, 5) is 10.9. The smallest absolute Gasteiger partial charge is 0.303 e. The molecule has 0 aliphatic heterocycles. The molecule has 6 rings (SSSR count). The monoisotopic (exact) mass is 486 g/mol. The van der Waals surface area contributed by atoms with Gasteiger partial charge < -0.3 is 14.2 Å². The highest BCUT2D eigenvalue weighted by Crippen LogP contribution is 2.40. The molecule has 5 nitrogen and oxygen atoms in total. The number of hydrogen-bond acceptors (Lipinski definition) is 3. The highest BCUT2D eigenvalue weighted by Gasteiger charge is 2.23. The fourth-order valence-corrected chi connectivity index (χ4v) is 5.15. The Hall–Kier alpha value is -4.64. The number of carbonyl (C=O) groups is 1. The summed E-state index contributed by atoms with van der Waals surface area (Å²) in [6.45, 7) is 1.96. The second kappa shape index (κ2) is 9.43. The van der Waals surface area contributed by atoms with Crippen molar-refractivity contribution in [2.75, 3.05) is 0 Å². The predicted octanol–water partition coefficient (Wildman–Crippen LogP) is 7.82. The molecule has 0 radical (unpaired) electrons. The Morgan fingerprint density at radius 1 is 0.892 bits per heavy atom. The van der Waals surface area contributed by atoms with Crippen LogP contribution in [0.3, 0.4) is 0 Å². The van der Waals surface area contributed by atoms with E-state index in [2.05, 4.69) is 88.6 Å². The molecule has 6 aromatic rings. The van der Waals surface area contributed by atoms with E-state index in [9.17, 15) is 4.79 Å². The third-order valence-corrected chi connectivity index (χ3v) is 6.93. The van der Waals surface area contributed by atoms with Gasteiger partial charge in [0.1, 0.15) is 11.5 Å². The maximum absolute atomic E-state index is 10.9. The summed E-state index contributed by atoms with van der Waals surface area (Å²) >= 11 is 0. The molecule has 37 heavy (non-hydrogen) atoms. The van der Waals surface area contributed by atoms with Crippen molar-refractivity contribution in [2.45, 2.75) is 26.2 Å². The van der Waals surface area contributed by atoms with Crippen molar-refractivity contribution in [3.8, 4) is 28.2 Å². The predicted molar refractivity (Wildman–Crippen MR) is 147 cm³/mol. The molecule has 2 heterocycles. The third kappa shape index (κ3) is 4.19. The van der Waals surface area contributed by atoms with Gasteiger partial charge in [0.2, 0.25) is 0 Å². The first-order valence-electron chi connectivity index (χ1n) is 12.5. The molecule has 0 saturated heterocycles. The van der Waals surface area contributed by atoms with Crippen molar-refractivity contribution < 1.29 is 14.4 Å². The van der Waals surface area contributed by atoms with Crippen LogP contribution in [0.4, 0.5) is 0 Å². The number of carboxylic acids is 1. The number of nitrogens with zero attached hydrogens (tertiary/aromatic N) is 2. The van der Waals surface area contributed by atoms with Crippen molar-refractivity contribution in [1.82, 2.24) is 9.72 Å². The molecule has 0 amide bonds. The lowest BCUT2D eigenvalue weighted by atomic mass is 10.0.